The molecule has 5 heteroatoms. The number of nitrogens with zero attached hydrogens (tertiary/aromatic N) is 2. The van der Waals surface area contributed by atoms with Crippen molar-refractivity contribution in [3.05, 3.63) is 46.2 Å². The fourth-order valence-corrected chi connectivity index (χ4v) is 3.17. The third-order valence-corrected chi connectivity index (χ3v) is 4.53. The lowest BCUT2D eigenvalue weighted by atomic mass is 9.94. The summed E-state index contributed by atoms with van der Waals surface area (Å²) >= 11 is 6.21. The highest BCUT2D eigenvalue weighted by atomic mass is 35.5. The van der Waals surface area contributed by atoms with Crippen LogP contribution in [0.2, 0.25) is 5.02 Å². The number of carbonyl (C=O) groups excluding carboxylic acids is 1. The number of rotatable bonds is 4. The summed E-state index contributed by atoms with van der Waals surface area (Å²) in [6.45, 7) is 2.68. The van der Waals surface area contributed by atoms with Gasteiger partial charge in [0.05, 0.1) is 16.4 Å². The number of halogens is 1. The number of nitrogens with one attached hydrogen (secondary N) is 1. The molecule has 110 valence electrons. The summed E-state index contributed by atoms with van der Waals surface area (Å²) in [7, 11) is 1.83. The number of benzene rings is 1. The van der Waals surface area contributed by atoms with Gasteiger partial charge < -0.3 is 5.32 Å². The Morgan fingerprint density at radius 2 is 2.24 bits per heavy atom. The van der Waals surface area contributed by atoms with Gasteiger partial charge in [-0.15, -0.1) is 0 Å². The van der Waals surface area contributed by atoms with E-state index in [4.69, 9.17) is 11.6 Å². The molecule has 1 aromatic heterocycles. The molecule has 1 N–H and O–H groups in total. The second-order valence-electron chi connectivity index (χ2n) is 5.55. The van der Waals surface area contributed by atoms with E-state index in [1.165, 1.54) is 5.56 Å². The number of carbonyl (C=O) groups is 1. The second-order valence-corrected chi connectivity index (χ2v) is 5.93. The number of para-hydroxylation sites is 1. The number of aryl methyl sites for hydroxylation is 2. The van der Waals surface area contributed by atoms with E-state index in [0.717, 1.165) is 23.6 Å². The SMILES string of the molecule is Cc1nn(C)c(CC(=O)CC2CNc3ccccc32)c1Cl. The van der Waals surface area contributed by atoms with Crippen LogP contribution in [0.3, 0.4) is 0 Å². The Bertz CT molecular complexity index is 693. The van der Waals surface area contributed by atoms with Crippen molar-refractivity contribution in [3.63, 3.8) is 0 Å². The average Bonchev–Trinajstić information content (AvgIpc) is 2.96. The first-order chi connectivity index (χ1) is 10.1. The molecule has 0 bridgehead atoms. The van der Waals surface area contributed by atoms with Gasteiger partial charge in [-0.2, -0.15) is 5.10 Å². The lowest BCUT2D eigenvalue weighted by Gasteiger charge is -2.09. The molecular weight excluding hydrogens is 286 g/mol. The van der Waals surface area contributed by atoms with Crippen LogP contribution in [-0.4, -0.2) is 22.1 Å². The Labute approximate surface area is 129 Å². The van der Waals surface area contributed by atoms with Crippen LogP contribution in [0, 0.1) is 6.92 Å². The highest BCUT2D eigenvalue weighted by molar-refractivity contribution is 6.32. The molecule has 1 atom stereocenters. The van der Waals surface area contributed by atoms with E-state index >= 15 is 0 Å². The van der Waals surface area contributed by atoms with Crippen LogP contribution in [0.25, 0.3) is 0 Å². The molecule has 0 spiro atoms. The van der Waals surface area contributed by atoms with E-state index in [-0.39, 0.29) is 11.7 Å². The summed E-state index contributed by atoms with van der Waals surface area (Å²) in [5.74, 6) is 0.449. The molecule has 2 aromatic rings. The number of fused-ring (bicyclic) bond motifs is 1. The highest BCUT2D eigenvalue weighted by Gasteiger charge is 2.25. The maximum Gasteiger partial charge on any atom is 0.139 e. The number of Topliss-reactive ketones (excluding diaryl/α,β-unsaturated/α-hetero) is 1. The zero-order chi connectivity index (χ0) is 15.0. The molecule has 0 aliphatic carbocycles. The Balaban J connectivity index is 1.71. The molecule has 1 aromatic carbocycles. The monoisotopic (exact) mass is 303 g/mol. The van der Waals surface area contributed by atoms with E-state index in [1.54, 1.807) is 4.68 Å². The summed E-state index contributed by atoms with van der Waals surface area (Å²) in [5, 5.41) is 8.21. The first-order valence-corrected chi connectivity index (χ1v) is 7.46. The molecule has 3 rings (SSSR count). The molecule has 2 heterocycles. The van der Waals surface area contributed by atoms with Crippen LogP contribution in [0.5, 0.6) is 0 Å². The number of ketones is 1. The van der Waals surface area contributed by atoms with E-state index in [1.807, 2.05) is 26.1 Å². The summed E-state index contributed by atoms with van der Waals surface area (Å²) in [6.07, 6.45) is 0.874. The van der Waals surface area contributed by atoms with E-state index in [9.17, 15) is 4.79 Å². The van der Waals surface area contributed by atoms with Crippen LogP contribution in [0.15, 0.2) is 24.3 Å². The first kappa shape index (κ1) is 14.1. The lowest BCUT2D eigenvalue weighted by Crippen LogP contribution is -2.13. The zero-order valence-electron chi connectivity index (χ0n) is 12.2. The number of hydrogen-bond donors (Lipinski definition) is 1. The highest BCUT2D eigenvalue weighted by Crippen LogP contribution is 2.33. The van der Waals surface area contributed by atoms with Gasteiger partial charge >= 0.3 is 0 Å². The molecule has 0 saturated carbocycles. The molecule has 0 saturated heterocycles. The van der Waals surface area contributed by atoms with Crippen LogP contribution >= 0.6 is 11.6 Å². The Hall–Kier alpha value is -1.81. The Morgan fingerprint density at radius 1 is 1.48 bits per heavy atom. The smallest absolute Gasteiger partial charge is 0.139 e. The summed E-state index contributed by atoms with van der Waals surface area (Å²) in [5.41, 5.74) is 3.95. The molecule has 0 radical (unpaired) electrons. The molecule has 21 heavy (non-hydrogen) atoms. The quantitative estimate of drug-likeness (QED) is 0.944. The lowest BCUT2D eigenvalue weighted by molar-refractivity contribution is -0.118. The summed E-state index contributed by atoms with van der Waals surface area (Å²) < 4.78 is 1.70. The van der Waals surface area contributed by atoms with Crippen molar-refractivity contribution in [3.8, 4) is 0 Å². The molecule has 1 aliphatic rings. The van der Waals surface area contributed by atoms with E-state index < -0.39 is 0 Å². The van der Waals surface area contributed by atoms with Gasteiger partial charge in [-0.25, -0.2) is 0 Å². The van der Waals surface area contributed by atoms with Crippen LogP contribution in [0.4, 0.5) is 5.69 Å². The molecule has 1 aliphatic heterocycles. The molecular formula is C16H18ClN3O. The van der Waals surface area contributed by atoms with Gasteiger partial charge in [0, 0.05) is 38.0 Å². The molecule has 1 unspecified atom stereocenters. The minimum atomic E-state index is 0.198. The molecule has 0 amide bonds. The van der Waals surface area contributed by atoms with Gasteiger partial charge in [0.25, 0.3) is 0 Å². The normalized spacial score (nSPS) is 16.6. The predicted octanol–water partition coefficient (Wildman–Crippen LogP) is 3.09. The van der Waals surface area contributed by atoms with Gasteiger partial charge in [-0.1, -0.05) is 29.8 Å². The van der Waals surface area contributed by atoms with Gasteiger partial charge in [0.1, 0.15) is 5.78 Å². The van der Waals surface area contributed by atoms with Crippen molar-refractivity contribution in [2.45, 2.75) is 25.7 Å². The second kappa shape index (κ2) is 5.53. The van der Waals surface area contributed by atoms with Gasteiger partial charge in [0.2, 0.25) is 0 Å². The van der Waals surface area contributed by atoms with E-state index in [2.05, 4.69) is 22.5 Å². The fraction of sp³-hybridized carbons (Fsp3) is 0.375. The average molecular weight is 304 g/mol. The summed E-state index contributed by atoms with van der Waals surface area (Å²) in [6, 6.07) is 8.18. The predicted molar refractivity (Wildman–Crippen MR) is 84.0 cm³/mol. The van der Waals surface area contributed by atoms with Gasteiger partial charge in [0.15, 0.2) is 0 Å². The molecule has 4 nitrogen and oxygen atoms in total. The first-order valence-electron chi connectivity index (χ1n) is 7.08. The number of aromatic nitrogens is 2. The van der Waals surface area contributed by atoms with Crippen molar-refractivity contribution in [2.75, 3.05) is 11.9 Å². The van der Waals surface area contributed by atoms with Crippen LogP contribution < -0.4 is 5.32 Å². The third kappa shape index (κ3) is 2.68. The topological polar surface area (TPSA) is 46.9 Å². The van der Waals surface area contributed by atoms with Crippen molar-refractivity contribution < 1.29 is 4.79 Å². The maximum absolute atomic E-state index is 12.4. The Morgan fingerprint density at radius 3 is 2.95 bits per heavy atom. The van der Waals surface area contributed by atoms with Crippen molar-refractivity contribution in [1.82, 2.24) is 9.78 Å². The Kier molecular flexibility index (Phi) is 3.72. The zero-order valence-corrected chi connectivity index (χ0v) is 12.9. The maximum atomic E-state index is 12.4. The van der Waals surface area contributed by atoms with Crippen molar-refractivity contribution in [1.29, 1.82) is 0 Å². The van der Waals surface area contributed by atoms with Gasteiger partial charge in [-0.05, 0) is 18.6 Å². The van der Waals surface area contributed by atoms with E-state index in [0.29, 0.717) is 17.9 Å². The largest absolute Gasteiger partial charge is 0.384 e. The minimum absolute atomic E-state index is 0.198. The van der Waals surface area contributed by atoms with Crippen LogP contribution in [0.1, 0.15) is 29.3 Å². The van der Waals surface area contributed by atoms with Gasteiger partial charge in [-0.3, -0.25) is 9.48 Å². The van der Waals surface area contributed by atoms with Crippen molar-refractivity contribution >= 4 is 23.1 Å². The molecule has 0 fully saturated rings. The minimum Gasteiger partial charge on any atom is -0.384 e. The number of hydrogen-bond acceptors (Lipinski definition) is 3. The third-order valence-electron chi connectivity index (χ3n) is 4.04. The fourth-order valence-electron chi connectivity index (χ4n) is 2.95. The summed E-state index contributed by atoms with van der Waals surface area (Å²) in [4.78, 5) is 12.4. The number of anilines is 1. The van der Waals surface area contributed by atoms with Crippen molar-refractivity contribution in [2.24, 2.45) is 7.05 Å². The standard InChI is InChI=1S/C16H18ClN3O/c1-10-16(17)15(20(2)19-10)8-12(21)7-11-9-18-14-6-4-3-5-13(11)14/h3-6,11,18H,7-9H2,1-2H3. The van der Waals surface area contributed by atoms with Crippen LogP contribution in [-0.2, 0) is 18.3 Å².